The van der Waals surface area contributed by atoms with Gasteiger partial charge in [-0.2, -0.15) is 13.5 Å². The van der Waals surface area contributed by atoms with E-state index in [9.17, 15) is 13.2 Å². The summed E-state index contributed by atoms with van der Waals surface area (Å²) >= 11 is 0. The Hall–Kier alpha value is -3.24. The van der Waals surface area contributed by atoms with E-state index < -0.39 is 15.9 Å². The molecule has 1 fully saturated rings. The van der Waals surface area contributed by atoms with Crippen LogP contribution in [0.2, 0.25) is 0 Å². The fourth-order valence-corrected chi connectivity index (χ4v) is 4.50. The number of hydrogen-bond acceptors (Lipinski definition) is 7. The molecule has 4 rings (SSSR count). The van der Waals surface area contributed by atoms with Gasteiger partial charge in [0, 0.05) is 31.5 Å². The molecule has 9 nitrogen and oxygen atoms in total. The first-order chi connectivity index (χ1) is 15.8. The van der Waals surface area contributed by atoms with Crippen LogP contribution in [0.3, 0.4) is 0 Å². The van der Waals surface area contributed by atoms with E-state index in [2.05, 4.69) is 32.1 Å². The highest BCUT2D eigenvalue weighted by molar-refractivity contribution is 7.90. The van der Waals surface area contributed by atoms with E-state index in [-0.39, 0.29) is 16.0 Å². The second-order valence-corrected chi connectivity index (χ2v) is 10.2. The molecule has 0 aliphatic carbocycles. The third-order valence-electron chi connectivity index (χ3n) is 5.85. The summed E-state index contributed by atoms with van der Waals surface area (Å²) in [5.41, 5.74) is 2.83. The number of sulfonamides is 1. The minimum absolute atomic E-state index is 0.0192. The minimum Gasteiger partial charge on any atom is -0.381 e. The molecule has 10 heteroatoms. The van der Waals surface area contributed by atoms with E-state index >= 15 is 0 Å². The Balaban J connectivity index is 1.64. The molecule has 0 radical (unpaired) electrons. The van der Waals surface area contributed by atoms with Gasteiger partial charge >= 0.3 is 0 Å². The molecule has 3 heterocycles. The van der Waals surface area contributed by atoms with Gasteiger partial charge in [-0.3, -0.25) is 9.89 Å². The SMILES string of the molecule is Cc1ccc(-c2ccc(C(=O)NS(=O)(=O)c3cc[nH]n3)c(NCC3(C)CCOCC3)n2)cc1. The molecule has 0 bridgehead atoms. The van der Waals surface area contributed by atoms with Crippen LogP contribution in [-0.2, 0) is 14.8 Å². The van der Waals surface area contributed by atoms with E-state index in [1.54, 1.807) is 12.1 Å². The highest BCUT2D eigenvalue weighted by atomic mass is 32.2. The maximum absolute atomic E-state index is 13.0. The van der Waals surface area contributed by atoms with E-state index in [0.29, 0.717) is 31.3 Å². The molecule has 1 aromatic carbocycles. The summed E-state index contributed by atoms with van der Waals surface area (Å²) in [7, 11) is -4.11. The summed E-state index contributed by atoms with van der Waals surface area (Å²) in [6, 6.07) is 12.5. The lowest BCUT2D eigenvalue weighted by atomic mass is 9.82. The Morgan fingerprint density at radius 2 is 1.85 bits per heavy atom. The molecular formula is C23H27N5O4S. The first-order valence-electron chi connectivity index (χ1n) is 10.7. The van der Waals surface area contributed by atoms with Gasteiger partial charge < -0.3 is 10.1 Å². The number of hydrogen-bond donors (Lipinski definition) is 3. The number of carbonyl (C=O) groups is 1. The number of carbonyl (C=O) groups excluding carboxylic acids is 1. The molecule has 0 atom stereocenters. The molecule has 2 aromatic heterocycles. The number of aryl methyl sites for hydroxylation is 1. The van der Waals surface area contributed by atoms with Gasteiger partial charge in [-0.05, 0) is 43.4 Å². The standard InChI is InChI=1S/C23H27N5O4S/c1-16-3-5-17(6-4-16)19-8-7-18(22(29)28-33(30,31)20-9-12-25-27-20)21(26-19)24-15-23(2)10-13-32-14-11-23/h3-9,12H,10-11,13-15H2,1-2H3,(H,24,26)(H,25,27)(H,28,29). The van der Waals surface area contributed by atoms with E-state index in [0.717, 1.165) is 24.0 Å². The van der Waals surface area contributed by atoms with Crippen molar-refractivity contribution in [1.82, 2.24) is 19.9 Å². The lowest BCUT2D eigenvalue weighted by molar-refractivity contribution is 0.0299. The van der Waals surface area contributed by atoms with Crippen molar-refractivity contribution in [3.05, 3.63) is 59.8 Å². The Morgan fingerprint density at radius 1 is 1.12 bits per heavy atom. The fourth-order valence-electron chi connectivity index (χ4n) is 3.63. The van der Waals surface area contributed by atoms with E-state index in [1.165, 1.54) is 12.3 Å². The number of nitrogens with zero attached hydrogens (tertiary/aromatic N) is 2. The normalized spacial score (nSPS) is 15.7. The van der Waals surface area contributed by atoms with Crippen molar-refractivity contribution in [3.8, 4) is 11.3 Å². The first kappa shape index (κ1) is 22.9. The molecule has 33 heavy (non-hydrogen) atoms. The number of amides is 1. The van der Waals surface area contributed by atoms with Crippen LogP contribution in [-0.4, -0.2) is 49.3 Å². The topological polar surface area (TPSA) is 126 Å². The average molecular weight is 470 g/mol. The van der Waals surface area contributed by atoms with Gasteiger partial charge in [0.1, 0.15) is 5.82 Å². The highest BCUT2D eigenvalue weighted by Crippen LogP contribution is 2.31. The molecule has 0 unspecified atom stereocenters. The third kappa shape index (κ3) is 5.40. The number of ether oxygens (including phenoxy) is 1. The van der Waals surface area contributed by atoms with Crippen LogP contribution in [0.15, 0.2) is 53.7 Å². The average Bonchev–Trinajstić information content (AvgIpc) is 3.35. The van der Waals surface area contributed by atoms with Crippen molar-refractivity contribution >= 4 is 21.7 Å². The van der Waals surface area contributed by atoms with E-state index in [1.807, 2.05) is 31.2 Å². The Labute approximate surface area is 193 Å². The largest absolute Gasteiger partial charge is 0.381 e. The van der Waals surface area contributed by atoms with Crippen molar-refractivity contribution in [2.24, 2.45) is 5.41 Å². The smallest absolute Gasteiger partial charge is 0.283 e. The molecule has 1 aliphatic heterocycles. The number of anilines is 1. The van der Waals surface area contributed by atoms with Gasteiger partial charge in [0.25, 0.3) is 15.9 Å². The van der Waals surface area contributed by atoms with Crippen LogP contribution >= 0.6 is 0 Å². The number of H-pyrrole nitrogens is 1. The molecule has 3 aromatic rings. The molecule has 1 amide bonds. The van der Waals surface area contributed by atoms with Crippen molar-refractivity contribution < 1.29 is 17.9 Å². The molecule has 0 spiro atoms. The number of aromatic nitrogens is 3. The first-order valence-corrected chi connectivity index (χ1v) is 12.2. The number of rotatable bonds is 7. The Morgan fingerprint density at radius 3 is 2.52 bits per heavy atom. The summed E-state index contributed by atoms with van der Waals surface area (Å²) in [5, 5.41) is 9.13. The zero-order chi connectivity index (χ0) is 23.5. The van der Waals surface area contributed by atoms with Crippen LogP contribution in [0, 0.1) is 12.3 Å². The molecule has 1 aliphatic rings. The van der Waals surface area contributed by atoms with Crippen LogP contribution in [0.4, 0.5) is 5.82 Å². The monoisotopic (exact) mass is 469 g/mol. The molecule has 0 saturated carbocycles. The van der Waals surface area contributed by atoms with Gasteiger partial charge in [0.2, 0.25) is 0 Å². The highest BCUT2D eigenvalue weighted by Gasteiger charge is 2.29. The number of nitrogens with one attached hydrogen (secondary N) is 3. The molecule has 3 N–H and O–H groups in total. The molecule has 174 valence electrons. The van der Waals surface area contributed by atoms with Crippen LogP contribution < -0.4 is 10.0 Å². The van der Waals surface area contributed by atoms with Crippen molar-refractivity contribution in [3.63, 3.8) is 0 Å². The lowest BCUT2D eigenvalue weighted by Gasteiger charge is -2.34. The zero-order valence-corrected chi connectivity index (χ0v) is 19.4. The van der Waals surface area contributed by atoms with Gasteiger partial charge in [-0.25, -0.2) is 9.71 Å². The van der Waals surface area contributed by atoms with Crippen molar-refractivity contribution in [2.75, 3.05) is 25.1 Å². The molecule has 1 saturated heterocycles. The Kier molecular flexibility index (Phi) is 6.48. The summed E-state index contributed by atoms with van der Waals surface area (Å²) in [4.78, 5) is 17.7. The molecular weight excluding hydrogens is 442 g/mol. The Bertz CT molecular complexity index is 1220. The number of aromatic amines is 1. The number of benzene rings is 1. The van der Waals surface area contributed by atoms with E-state index in [4.69, 9.17) is 4.74 Å². The minimum atomic E-state index is -4.11. The van der Waals surface area contributed by atoms with Gasteiger partial charge in [0.05, 0.1) is 11.3 Å². The lowest BCUT2D eigenvalue weighted by Crippen LogP contribution is -2.35. The summed E-state index contributed by atoms with van der Waals surface area (Å²) < 4.78 is 32.5. The second-order valence-electron chi connectivity index (χ2n) is 8.58. The number of pyridine rings is 1. The summed E-state index contributed by atoms with van der Waals surface area (Å²) in [6.45, 7) is 6.11. The van der Waals surface area contributed by atoms with Gasteiger partial charge in [0.15, 0.2) is 5.03 Å². The quantitative estimate of drug-likeness (QED) is 0.485. The van der Waals surface area contributed by atoms with Crippen LogP contribution in [0.1, 0.15) is 35.7 Å². The zero-order valence-electron chi connectivity index (χ0n) is 18.6. The van der Waals surface area contributed by atoms with Crippen LogP contribution in [0.25, 0.3) is 11.3 Å². The van der Waals surface area contributed by atoms with Gasteiger partial charge in [-0.1, -0.05) is 36.8 Å². The van der Waals surface area contributed by atoms with Crippen LogP contribution in [0.5, 0.6) is 0 Å². The maximum atomic E-state index is 13.0. The summed E-state index contributed by atoms with van der Waals surface area (Å²) in [5.74, 6) is -0.448. The maximum Gasteiger partial charge on any atom is 0.283 e. The third-order valence-corrected chi connectivity index (χ3v) is 7.08. The fraction of sp³-hybridized carbons (Fsp3) is 0.348. The second kappa shape index (κ2) is 9.32. The van der Waals surface area contributed by atoms with Crippen molar-refractivity contribution in [2.45, 2.75) is 31.7 Å². The van der Waals surface area contributed by atoms with Gasteiger partial charge in [-0.15, -0.1) is 0 Å². The van der Waals surface area contributed by atoms with Crippen molar-refractivity contribution in [1.29, 1.82) is 0 Å². The predicted octanol–water partition coefficient (Wildman–Crippen LogP) is 3.13. The predicted molar refractivity (Wildman–Crippen MR) is 124 cm³/mol. The summed E-state index contributed by atoms with van der Waals surface area (Å²) in [6.07, 6.45) is 3.14.